The second-order valence-electron chi connectivity index (χ2n) is 5.74. The number of rotatable bonds is 5. The molecule has 0 fully saturated rings. The van der Waals surface area contributed by atoms with E-state index < -0.39 is 6.03 Å². The lowest BCUT2D eigenvalue weighted by atomic mass is 9.98. The molecule has 3 amide bonds. The average molecular weight is 364 g/mol. The van der Waals surface area contributed by atoms with E-state index in [4.69, 9.17) is 0 Å². The summed E-state index contributed by atoms with van der Waals surface area (Å²) in [7, 11) is 0. The van der Waals surface area contributed by atoms with E-state index in [0.29, 0.717) is 6.54 Å². The molecule has 2 aromatic rings. The summed E-state index contributed by atoms with van der Waals surface area (Å²) >= 11 is 3.48. The van der Waals surface area contributed by atoms with E-state index in [9.17, 15) is 9.59 Å². The van der Waals surface area contributed by atoms with Crippen molar-refractivity contribution in [2.75, 3.05) is 19.6 Å². The van der Waals surface area contributed by atoms with E-state index in [1.807, 2.05) is 13.0 Å². The van der Waals surface area contributed by atoms with Crippen LogP contribution in [0, 0.1) is 0 Å². The topological polar surface area (TPSA) is 61.4 Å². The maximum atomic E-state index is 12.2. The van der Waals surface area contributed by atoms with Crippen LogP contribution in [-0.2, 0) is 11.2 Å². The van der Waals surface area contributed by atoms with E-state index in [0.717, 1.165) is 19.4 Å². The van der Waals surface area contributed by atoms with Crippen molar-refractivity contribution in [1.29, 1.82) is 0 Å². The van der Waals surface area contributed by atoms with Crippen LogP contribution in [0.1, 0.15) is 34.7 Å². The second kappa shape index (κ2) is 7.92. The first-order valence-corrected chi connectivity index (χ1v) is 9.86. The van der Waals surface area contributed by atoms with Crippen molar-refractivity contribution in [2.24, 2.45) is 0 Å². The Morgan fingerprint density at radius 2 is 2.17 bits per heavy atom. The molecule has 0 saturated heterocycles. The molecule has 0 radical (unpaired) electrons. The van der Waals surface area contributed by atoms with Crippen LogP contribution in [0.2, 0.25) is 0 Å². The fourth-order valence-corrected chi connectivity index (χ4v) is 4.73. The number of thiophene rings is 2. The van der Waals surface area contributed by atoms with Gasteiger partial charge in [0.05, 0.1) is 12.6 Å². The highest BCUT2D eigenvalue weighted by atomic mass is 32.1. The molecule has 24 heavy (non-hydrogen) atoms. The van der Waals surface area contributed by atoms with Crippen LogP contribution in [0.15, 0.2) is 29.0 Å². The standard InChI is InChI=1S/C17H21N3O2S2/c1-2-7-18-17(22)19-15(21)11-20-8-5-13-12(6-10-24-13)16(20)14-4-3-9-23-14/h3-4,6,9-10,16H,2,5,7-8,11H2,1H3,(H2,18,19,21,22)/t16-/m0/s1. The van der Waals surface area contributed by atoms with Gasteiger partial charge in [-0.15, -0.1) is 22.7 Å². The normalized spacial score (nSPS) is 17.3. The van der Waals surface area contributed by atoms with Crippen LogP contribution in [0.5, 0.6) is 0 Å². The molecule has 7 heteroatoms. The third-order valence-corrected chi connectivity index (χ3v) is 5.93. The lowest BCUT2D eigenvalue weighted by molar-refractivity contribution is -0.121. The lowest BCUT2D eigenvalue weighted by Crippen LogP contribution is -2.46. The van der Waals surface area contributed by atoms with Gasteiger partial charge in [-0.1, -0.05) is 13.0 Å². The number of amides is 3. The quantitative estimate of drug-likeness (QED) is 0.858. The van der Waals surface area contributed by atoms with E-state index in [1.54, 1.807) is 22.7 Å². The van der Waals surface area contributed by atoms with Gasteiger partial charge in [-0.2, -0.15) is 0 Å². The summed E-state index contributed by atoms with van der Waals surface area (Å²) in [5.41, 5.74) is 1.29. The second-order valence-corrected chi connectivity index (χ2v) is 7.72. The van der Waals surface area contributed by atoms with Crippen molar-refractivity contribution in [3.8, 4) is 0 Å². The average Bonchev–Trinajstić information content (AvgIpc) is 3.23. The van der Waals surface area contributed by atoms with Gasteiger partial charge in [0.2, 0.25) is 5.91 Å². The molecule has 5 nitrogen and oxygen atoms in total. The van der Waals surface area contributed by atoms with Crippen LogP contribution < -0.4 is 10.6 Å². The summed E-state index contributed by atoms with van der Waals surface area (Å²) < 4.78 is 0. The van der Waals surface area contributed by atoms with Gasteiger partial charge in [-0.3, -0.25) is 15.0 Å². The van der Waals surface area contributed by atoms with Crippen molar-refractivity contribution in [3.05, 3.63) is 44.3 Å². The molecule has 1 aliphatic rings. The molecule has 2 aromatic heterocycles. The monoisotopic (exact) mass is 363 g/mol. The van der Waals surface area contributed by atoms with Crippen LogP contribution in [0.25, 0.3) is 0 Å². The molecule has 3 heterocycles. The zero-order valence-corrected chi connectivity index (χ0v) is 15.2. The number of imide groups is 1. The van der Waals surface area contributed by atoms with Crippen molar-refractivity contribution < 1.29 is 9.59 Å². The third kappa shape index (κ3) is 3.85. The number of urea groups is 1. The Balaban J connectivity index is 1.70. The number of carbonyl (C=O) groups excluding carboxylic acids is 2. The maximum Gasteiger partial charge on any atom is 0.321 e. The van der Waals surface area contributed by atoms with E-state index >= 15 is 0 Å². The highest BCUT2D eigenvalue weighted by Gasteiger charge is 2.31. The molecule has 0 spiro atoms. The Hall–Kier alpha value is -1.70. The molecular formula is C17H21N3O2S2. The minimum atomic E-state index is -0.414. The Kier molecular flexibility index (Phi) is 5.65. The molecule has 1 aliphatic heterocycles. The minimum absolute atomic E-state index is 0.101. The van der Waals surface area contributed by atoms with Gasteiger partial charge in [0, 0.05) is 22.8 Å². The molecular weight excluding hydrogens is 342 g/mol. The number of nitrogens with one attached hydrogen (secondary N) is 2. The third-order valence-electron chi connectivity index (χ3n) is 4.01. The molecule has 0 unspecified atom stereocenters. The number of hydrogen-bond acceptors (Lipinski definition) is 5. The predicted octanol–water partition coefficient (Wildman–Crippen LogP) is 2.99. The van der Waals surface area contributed by atoms with Gasteiger partial charge in [0.1, 0.15) is 0 Å². The number of hydrogen-bond donors (Lipinski definition) is 2. The van der Waals surface area contributed by atoms with Gasteiger partial charge >= 0.3 is 6.03 Å². The van der Waals surface area contributed by atoms with E-state index in [2.05, 4.69) is 38.4 Å². The van der Waals surface area contributed by atoms with E-state index in [-0.39, 0.29) is 18.5 Å². The molecule has 0 aromatic carbocycles. The zero-order chi connectivity index (χ0) is 16.9. The summed E-state index contributed by atoms with van der Waals surface area (Å²) in [4.78, 5) is 28.7. The van der Waals surface area contributed by atoms with Gasteiger partial charge in [-0.25, -0.2) is 4.79 Å². The molecule has 3 rings (SSSR count). The Bertz CT molecular complexity index is 697. The number of nitrogens with zero attached hydrogens (tertiary/aromatic N) is 1. The molecule has 0 bridgehead atoms. The lowest BCUT2D eigenvalue weighted by Gasteiger charge is -2.34. The highest BCUT2D eigenvalue weighted by molar-refractivity contribution is 7.10. The van der Waals surface area contributed by atoms with E-state index in [1.165, 1.54) is 15.3 Å². The fraction of sp³-hybridized carbons (Fsp3) is 0.412. The largest absolute Gasteiger partial charge is 0.338 e. The molecule has 1 atom stereocenters. The van der Waals surface area contributed by atoms with Crippen LogP contribution >= 0.6 is 22.7 Å². The van der Waals surface area contributed by atoms with Crippen LogP contribution in [-0.4, -0.2) is 36.5 Å². The number of carbonyl (C=O) groups is 2. The molecule has 0 aliphatic carbocycles. The Morgan fingerprint density at radius 1 is 1.29 bits per heavy atom. The SMILES string of the molecule is CCCNC(=O)NC(=O)CN1CCc2sccc2[C@H]1c1cccs1. The first-order chi connectivity index (χ1) is 11.7. The minimum Gasteiger partial charge on any atom is -0.338 e. The number of fused-ring (bicyclic) bond motifs is 1. The van der Waals surface area contributed by atoms with Crippen LogP contribution in [0.3, 0.4) is 0 Å². The molecule has 2 N–H and O–H groups in total. The van der Waals surface area contributed by atoms with Crippen molar-refractivity contribution in [2.45, 2.75) is 25.8 Å². The fourth-order valence-electron chi connectivity index (χ4n) is 2.95. The van der Waals surface area contributed by atoms with Gasteiger partial charge in [-0.05, 0) is 41.3 Å². The van der Waals surface area contributed by atoms with Gasteiger partial charge in [0.15, 0.2) is 0 Å². The zero-order valence-electron chi connectivity index (χ0n) is 13.6. The first-order valence-electron chi connectivity index (χ1n) is 8.10. The smallest absolute Gasteiger partial charge is 0.321 e. The summed E-state index contributed by atoms with van der Waals surface area (Å²) in [5.74, 6) is -0.260. The highest BCUT2D eigenvalue weighted by Crippen LogP contribution is 2.39. The van der Waals surface area contributed by atoms with Crippen molar-refractivity contribution in [3.63, 3.8) is 0 Å². The summed E-state index contributed by atoms with van der Waals surface area (Å²) in [6.45, 7) is 3.58. The molecule has 0 saturated carbocycles. The van der Waals surface area contributed by atoms with Crippen molar-refractivity contribution in [1.82, 2.24) is 15.5 Å². The van der Waals surface area contributed by atoms with Crippen molar-refractivity contribution >= 4 is 34.6 Å². The summed E-state index contributed by atoms with van der Waals surface area (Å²) in [6.07, 6.45) is 1.79. The summed E-state index contributed by atoms with van der Waals surface area (Å²) in [6, 6.07) is 5.99. The van der Waals surface area contributed by atoms with Gasteiger partial charge in [0.25, 0.3) is 0 Å². The molecule has 128 valence electrons. The van der Waals surface area contributed by atoms with Crippen LogP contribution in [0.4, 0.5) is 4.79 Å². The van der Waals surface area contributed by atoms with Gasteiger partial charge < -0.3 is 5.32 Å². The maximum absolute atomic E-state index is 12.2. The Labute approximate surface area is 149 Å². The Morgan fingerprint density at radius 3 is 2.92 bits per heavy atom. The predicted molar refractivity (Wildman–Crippen MR) is 97.6 cm³/mol. The summed E-state index contributed by atoms with van der Waals surface area (Å²) in [5, 5.41) is 9.27. The first kappa shape index (κ1) is 17.1.